The van der Waals surface area contributed by atoms with Crippen LogP contribution in [0.1, 0.15) is 5.69 Å². The number of hydrogen-bond acceptors (Lipinski definition) is 3. The van der Waals surface area contributed by atoms with Gasteiger partial charge in [-0.25, -0.2) is 0 Å². The van der Waals surface area contributed by atoms with Gasteiger partial charge >= 0.3 is 0 Å². The fourth-order valence-corrected chi connectivity index (χ4v) is 1.92. The minimum absolute atomic E-state index is 0.806. The van der Waals surface area contributed by atoms with Crippen molar-refractivity contribution in [3.63, 3.8) is 0 Å². The highest BCUT2D eigenvalue weighted by atomic mass is 16.3. The second-order valence-electron chi connectivity index (χ2n) is 3.80. The topological polar surface area (TPSA) is 43.9 Å². The molecule has 0 aliphatic rings. The van der Waals surface area contributed by atoms with E-state index in [0.717, 1.165) is 27.9 Å². The maximum Gasteiger partial charge on any atom is 0.152 e. The van der Waals surface area contributed by atoms with E-state index in [4.69, 9.17) is 4.42 Å². The van der Waals surface area contributed by atoms with Crippen LogP contribution in [0.2, 0.25) is 0 Å². The second-order valence-corrected chi connectivity index (χ2v) is 3.80. The van der Waals surface area contributed by atoms with E-state index >= 15 is 0 Å². The van der Waals surface area contributed by atoms with E-state index in [2.05, 4.69) is 10.1 Å². The van der Waals surface area contributed by atoms with Gasteiger partial charge in [0.25, 0.3) is 0 Å². The van der Waals surface area contributed by atoms with Crippen LogP contribution in [0.15, 0.2) is 35.2 Å². The summed E-state index contributed by atoms with van der Waals surface area (Å²) in [6.45, 7) is 1.98. The lowest BCUT2D eigenvalue weighted by Gasteiger charge is -1.93. The Bertz CT molecular complexity index is 651. The van der Waals surface area contributed by atoms with Crippen molar-refractivity contribution in [2.45, 2.75) is 6.92 Å². The molecule has 0 saturated heterocycles. The number of furan rings is 1. The molecule has 3 heterocycles. The fourth-order valence-electron chi connectivity index (χ4n) is 1.92. The first-order valence-electron chi connectivity index (χ1n) is 5.08. The monoisotopic (exact) mass is 213 g/mol. The number of hydrogen-bond donors (Lipinski definition) is 0. The molecule has 0 unspecified atom stereocenters. The summed E-state index contributed by atoms with van der Waals surface area (Å²) in [7, 11) is 1.91. The molecule has 0 aliphatic heterocycles. The number of rotatable bonds is 1. The standard InChI is InChI=1S/C12H11N3O/c1-8-9(6-15(2)14-8)10-7-16-11-4-3-5-13-12(10)11/h3-7H,1-2H3. The van der Waals surface area contributed by atoms with Crippen LogP contribution in [0.5, 0.6) is 0 Å². The Balaban J connectivity index is 2.30. The lowest BCUT2D eigenvalue weighted by Crippen LogP contribution is -1.86. The molecule has 0 amide bonds. The summed E-state index contributed by atoms with van der Waals surface area (Å²) in [5, 5.41) is 4.32. The van der Waals surface area contributed by atoms with Crippen molar-refractivity contribution in [1.82, 2.24) is 14.8 Å². The first kappa shape index (κ1) is 9.15. The molecule has 0 aliphatic carbocycles. The second kappa shape index (κ2) is 3.20. The minimum atomic E-state index is 0.806. The van der Waals surface area contributed by atoms with Gasteiger partial charge < -0.3 is 4.42 Å². The zero-order chi connectivity index (χ0) is 11.1. The molecule has 16 heavy (non-hydrogen) atoms. The molecule has 0 atom stereocenters. The van der Waals surface area contributed by atoms with Gasteiger partial charge in [-0.1, -0.05) is 0 Å². The molecular formula is C12H11N3O. The van der Waals surface area contributed by atoms with Crippen LogP contribution in [-0.4, -0.2) is 14.8 Å². The summed E-state index contributed by atoms with van der Waals surface area (Å²) >= 11 is 0. The van der Waals surface area contributed by atoms with Gasteiger partial charge in [-0.2, -0.15) is 5.10 Å². The zero-order valence-corrected chi connectivity index (χ0v) is 9.14. The molecule has 0 radical (unpaired) electrons. The number of pyridine rings is 1. The normalized spacial score (nSPS) is 11.1. The summed E-state index contributed by atoms with van der Waals surface area (Å²) in [5.41, 5.74) is 4.75. The summed E-state index contributed by atoms with van der Waals surface area (Å²) in [6, 6.07) is 3.78. The lowest BCUT2D eigenvalue weighted by molar-refractivity contribution is 0.616. The van der Waals surface area contributed by atoms with Crippen molar-refractivity contribution < 1.29 is 4.42 Å². The lowest BCUT2D eigenvalue weighted by atomic mass is 10.1. The number of nitrogens with zero attached hydrogens (tertiary/aromatic N) is 3. The van der Waals surface area contributed by atoms with Crippen LogP contribution >= 0.6 is 0 Å². The van der Waals surface area contributed by atoms with Gasteiger partial charge in [-0.15, -0.1) is 0 Å². The maximum atomic E-state index is 5.47. The SMILES string of the molecule is Cc1nn(C)cc1-c1coc2cccnc12. The van der Waals surface area contributed by atoms with Gasteiger partial charge in [-0.3, -0.25) is 9.67 Å². The average molecular weight is 213 g/mol. The van der Waals surface area contributed by atoms with E-state index in [9.17, 15) is 0 Å². The van der Waals surface area contributed by atoms with Gasteiger partial charge in [0, 0.05) is 30.6 Å². The molecule has 0 N–H and O–H groups in total. The third-order valence-corrected chi connectivity index (χ3v) is 2.63. The summed E-state index contributed by atoms with van der Waals surface area (Å²) in [5.74, 6) is 0. The molecule has 3 rings (SSSR count). The average Bonchev–Trinajstić information content (AvgIpc) is 2.81. The Hall–Kier alpha value is -2.10. The van der Waals surface area contributed by atoms with E-state index in [1.807, 2.05) is 32.3 Å². The van der Waals surface area contributed by atoms with Gasteiger partial charge in [0.2, 0.25) is 0 Å². The van der Waals surface area contributed by atoms with Crippen molar-refractivity contribution in [2.75, 3.05) is 0 Å². The zero-order valence-electron chi connectivity index (χ0n) is 9.14. The minimum Gasteiger partial charge on any atom is -0.462 e. The first-order valence-corrected chi connectivity index (χ1v) is 5.08. The summed E-state index contributed by atoms with van der Waals surface area (Å²) in [6.07, 6.45) is 5.49. The molecule has 0 aromatic carbocycles. The van der Waals surface area contributed by atoms with Crippen molar-refractivity contribution in [2.24, 2.45) is 7.05 Å². The summed E-state index contributed by atoms with van der Waals surface area (Å²) in [4.78, 5) is 4.34. The first-order chi connectivity index (χ1) is 7.75. The third-order valence-electron chi connectivity index (χ3n) is 2.63. The molecule has 4 nitrogen and oxygen atoms in total. The number of aromatic nitrogens is 3. The summed E-state index contributed by atoms with van der Waals surface area (Å²) < 4.78 is 7.27. The van der Waals surface area contributed by atoms with Crippen LogP contribution < -0.4 is 0 Å². The third kappa shape index (κ3) is 1.23. The highest BCUT2D eigenvalue weighted by Gasteiger charge is 2.13. The van der Waals surface area contributed by atoms with E-state index in [1.54, 1.807) is 17.1 Å². The molecule has 0 spiro atoms. The van der Waals surface area contributed by atoms with Crippen molar-refractivity contribution in [1.29, 1.82) is 0 Å². The molecule has 3 aromatic heterocycles. The van der Waals surface area contributed by atoms with Crippen LogP contribution in [0.4, 0.5) is 0 Å². The highest BCUT2D eigenvalue weighted by molar-refractivity contribution is 5.90. The predicted octanol–water partition coefficient (Wildman–Crippen LogP) is 2.54. The highest BCUT2D eigenvalue weighted by Crippen LogP contribution is 2.30. The maximum absolute atomic E-state index is 5.47. The predicted molar refractivity (Wildman–Crippen MR) is 60.9 cm³/mol. The number of fused-ring (bicyclic) bond motifs is 1. The molecule has 80 valence electrons. The van der Waals surface area contributed by atoms with Gasteiger partial charge in [0.15, 0.2) is 5.58 Å². The molecule has 4 heteroatoms. The van der Waals surface area contributed by atoms with E-state index in [0.29, 0.717) is 0 Å². The van der Waals surface area contributed by atoms with Gasteiger partial charge in [0.1, 0.15) is 11.8 Å². The van der Waals surface area contributed by atoms with E-state index in [1.165, 1.54) is 0 Å². The van der Waals surface area contributed by atoms with Gasteiger partial charge in [0.05, 0.1) is 5.69 Å². The van der Waals surface area contributed by atoms with Crippen molar-refractivity contribution in [3.05, 3.63) is 36.5 Å². The smallest absolute Gasteiger partial charge is 0.152 e. The van der Waals surface area contributed by atoms with Crippen molar-refractivity contribution in [3.8, 4) is 11.1 Å². The van der Waals surface area contributed by atoms with Gasteiger partial charge in [-0.05, 0) is 19.1 Å². The molecule has 0 fully saturated rings. The largest absolute Gasteiger partial charge is 0.462 e. The Morgan fingerprint density at radius 1 is 1.31 bits per heavy atom. The Kier molecular flexibility index (Phi) is 1.83. The Morgan fingerprint density at radius 2 is 2.19 bits per heavy atom. The molecule has 0 saturated carbocycles. The Labute approximate surface area is 92.5 Å². The molecule has 0 bridgehead atoms. The van der Waals surface area contributed by atoms with E-state index < -0.39 is 0 Å². The van der Waals surface area contributed by atoms with Crippen LogP contribution in [0.3, 0.4) is 0 Å². The van der Waals surface area contributed by atoms with E-state index in [-0.39, 0.29) is 0 Å². The van der Waals surface area contributed by atoms with Crippen molar-refractivity contribution >= 4 is 11.1 Å². The molecule has 3 aromatic rings. The van der Waals surface area contributed by atoms with Crippen LogP contribution in [-0.2, 0) is 7.05 Å². The quantitative estimate of drug-likeness (QED) is 0.624. The number of aryl methyl sites for hydroxylation is 2. The van der Waals surface area contributed by atoms with Crippen LogP contribution in [0.25, 0.3) is 22.2 Å². The fraction of sp³-hybridized carbons (Fsp3) is 0.167. The van der Waals surface area contributed by atoms with Crippen LogP contribution in [0, 0.1) is 6.92 Å². The molecular weight excluding hydrogens is 202 g/mol. The Morgan fingerprint density at radius 3 is 2.94 bits per heavy atom.